The SMILES string of the molecule is CCn1ccc2cc(S(=O)(=O)N3CCCC(C(=O)N4CCCC(C)C4)C3)ccc21. The Balaban J connectivity index is 1.53. The smallest absolute Gasteiger partial charge is 0.243 e. The quantitative estimate of drug-likeness (QED) is 0.767. The third-order valence-corrected chi connectivity index (χ3v) is 8.28. The minimum Gasteiger partial charge on any atom is -0.348 e. The lowest BCUT2D eigenvalue weighted by Gasteiger charge is -2.37. The zero-order chi connectivity index (χ0) is 20.6. The second-order valence-electron chi connectivity index (χ2n) is 8.56. The van der Waals surface area contributed by atoms with Gasteiger partial charge in [0, 0.05) is 49.8 Å². The Morgan fingerprint density at radius 3 is 2.66 bits per heavy atom. The van der Waals surface area contributed by atoms with E-state index in [9.17, 15) is 13.2 Å². The maximum atomic E-state index is 13.3. The molecule has 1 aromatic carbocycles. The fourth-order valence-electron chi connectivity index (χ4n) is 4.77. The Morgan fingerprint density at radius 1 is 1.10 bits per heavy atom. The first-order valence-electron chi connectivity index (χ1n) is 10.8. The van der Waals surface area contributed by atoms with Crippen molar-refractivity contribution >= 4 is 26.8 Å². The molecule has 4 rings (SSSR count). The van der Waals surface area contributed by atoms with Crippen LogP contribution in [0.25, 0.3) is 10.9 Å². The largest absolute Gasteiger partial charge is 0.348 e. The van der Waals surface area contributed by atoms with Crippen LogP contribution in [-0.2, 0) is 21.4 Å². The van der Waals surface area contributed by atoms with Gasteiger partial charge >= 0.3 is 0 Å². The Kier molecular flexibility index (Phi) is 5.71. The van der Waals surface area contributed by atoms with Crippen LogP contribution in [0.2, 0.25) is 0 Å². The van der Waals surface area contributed by atoms with Gasteiger partial charge in [-0.1, -0.05) is 6.92 Å². The van der Waals surface area contributed by atoms with Crippen LogP contribution in [0, 0.1) is 11.8 Å². The van der Waals surface area contributed by atoms with E-state index in [0.29, 0.717) is 23.9 Å². The summed E-state index contributed by atoms with van der Waals surface area (Å²) in [5.41, 5.74) is 1.04. The summed E-state index contributed by atoms with van der Waals surface area (Å²) in [4.78, 5) is 15.3. The van der Waals surface area contributed by atoms with Gasteiger partial charge in [0.2, 0.25) is 15.9 Å². The molecular weight excluding hydrogens is 386 g/mol. The Hall–Kier alpha value is -1.86. The topological polar surface area (TPSA) is 62.6 Å². The van der Waals surface area contributed by atoms with Gasteiger partial charge in [-0.15, -0.1) is 0 Å². The van der Waals surface area contributed by atoms with Crippen molar-refractivity contribution in [3.8, 4) is 0 Å². The van der Waals surface area contributed by atoms with E-state index >= 15 is 0 Å². The molecule has 2 atom stereocenters. The normalized spacial score (nSPS) is 24.1. The molecule has 1 aromatic heterocycles. The molecule has 0 spiro atoms. The van der Waals surface area contributed by atoms with E-state index < -0.39 is 10.0 Å². The molecule has 2 aliphatic rings. The molecule has 0 bridgehead atoms. The number of carbonyl (C=O) groups is 1. The average Bonchev–Trinajstić information content (AvgIpc) is 3.15. The van der Waals surface area contributed by atoms with Crippen LogP contribution >= 0.6 is 0 Å². The second kappa shape index (κ2) is 8.11. The molecule has 2 fully saturated rings. The summed E-state index contributed by atoms with van der Waals surface area (Å²) in [5.74, 6) is 0.430. The van der Waals surface area contributed by atoms with Gasteiger partial charge in [0.15, 0.2) is 0 Å². The van der Waals surface area contributed by atoms with Crippen molar-refractivity contribution in [1.29, 1.82) is 0 Å². The van der Waals surface area contributed by atoms with Crippen molar-refractivity contribution < 1.29 is 13.2 Å². The van der Waals surface area contributed by atoms with Crippen LogP contribution in [-0.4, -0.2) is 54.3 Å². The molecule has 2 unspecified atom stereocenters. The van der Waals surface area contributed by atoms with E-state index in [-0.39, 0.29) is 11.8 Å². The highest BCUT2D eigenvalue weighted by Gasteiger charge is 2.36. The lowest BCUT2D eigenvalue weighted by Crippen LogP contribution is -2.48. The monoisotopic (exact) mass is 417 g/mol. The van der Waals surface area contributed by atoms with Crippen LogP contribution in [0.5, 0.6) is 0 Å². The molecule has 1 amide bonds. The molecule has 0 N–H and O–H groups in total. The number of carbonyl (C=O) groups excluding carboxylic acids is 1. The van der Waals surface area contributed by atoms with Crippen molar-refractivity contribution in [2.75, 3.05) is 26.2 Å². The number of hydrogen-bond donors (Lipinski definition) is 0. The molecule has 2 aromatic rings. The zero-order valence-corrected chi connectivity index (χ0v) is 18.2. The number of likely N-dealkylation sites (tertiary alicyclic amines) is 1. The fourth-order valence-corrected chi connectivity index (χ4v) is 6.33. The molecule has 158 valence electrons. The molecule has 7 heteroatoms. The van der Waals surface area contributed by atoms with Crippen LogP contribution < -0.4 is 0 Å². The number of fused-ring (bicyclic) bond motifs is 1. The fraction of sp³-hybridized carbons (Fsp3) is 0.591. The Bertz CT molecular complexity index is 998. The molecule has 2 aliphatic heterocycles. The third-order valence-electron chi connectivity index (χ3n) is 6.42. The Labute approximate surface area is 173 Å². The van der Waals surface area contributed by atoms with Gasteiger partial charge in [0.05, 0.1) is 10.8 Å². The number of nitrogens with zero attached hydrogens (tertiary/aromatic N) is 3. The van der Waals surface area contributed by atoms with Crippen molar-refractivity contribution in [3.63, 3.8) is 0 Å². The maximum Gasteiger partial charge on any atom is 0.243 e. The highest BCUT2D eigenvalue weighted by Crippen LogP contribution is 2.28. The number of sulfonamides is 1. The second-order valence-corrected chi connectivity index (χ2v) is 10.5. The summed E-state index contributed by atoms with van der Waals surface area (Å²) in [6, 6.07) is 7.29. The van der Waals surface area contributed by atoms with E-state index in [1.807, 2.05) is 23.2 Å². The molecule has 0 saturated carbocycles. The number of piperidine rings is 2. The molecule has 29 heavy (non-hydrogen) atoms. The van der Waals surface area contributed by atoms with E-state index in [1.54, 1.807) is 12.1 Å². The van der Waals surface area contributed by atoms with Gasteiger partial charge in [-0.2, -0.15) is 4.31 Å². The summed E-state index contributed by atoms with van der Waals surface area (Å²) >= 11 is 0. The summed E-state index contributed by atoms with van der Waals surface area (Å²) in [5, 5.41) is 0.930. The molecule has 2 saturated heterocycles. The predicted octanol–water partition coefficient (Wildman–Crippen LogP) is 3.32. The highest BCUT2D eigenvalue weighted by atomic mass is 32.2. The number of amides is 1. The summed E-state index contributed by atoms with van der Waals surface area (Å²) in [7, 11) is -3.61. The van der Waals surface area contributed by atoms with Gasteiger partial charge in [-0.3, -0.25) is 4.79 Å². The number of benzene rings is 1. The molecule has 0 radical (unpaired) electrons. The summed E-state index contributed by atoms with van der Waals surface area (Å²) < 4.78 is 30.2. The van der Waals surface area contributed by atoms with E-state index in [0.717, 1.165) is 56.2 Å². The maximum absolute atomic E-state index is 13.3. The van der Waals surface area contributed by atoms with E-state index in [4.69, 9.17) is 0 Å². The van der Waals surface area contributed by atoms with E-state index in [1.165, 1.54) is 4.31 Å². The minimum atomic E-state index is -3.61. The van der Waals surface area contributed by atoms with Crippen LogP contribution in [0.4, 0.5) is 0 Å². The van der Waals surface area contributed by atoms with Crippen molar-refractivity contribution in [3.05, 3.63) is 30.5 Å². The van der Waals surface area contributed by atoms with Crippen molar-refractivity contribution in [2.45, 2.75) is 51.0 Å². The zero-order valence-electron chi connectivity index (χ0n) is 17.4. The number of aromatic nitrogens is 1. The van der Waals surface area contributed by atoms with Crippen molar-refractivity contribution in [1.82, 2.24) is 13.8 Å². The van der Waals surface area contributed by atoms with E-state index in [2.05, 4.69) is 18.4 Å². The van der Waals surface area contributed by atoms with Gasteiger partial charge < -0.3 is 9.47 Å². The summed E-state index contributed by atoms with van der Waals surface area (Å²) in [6.07, 6.45) is 5.69. The standard InChI is InChI=1S/C22H31N3O3S/c1-3-23-13-10-18-14-20(8-9-21(18)23)29(27,28)25-12-5-7-19(16-25)22(26)24-11-4-6-17(2)15-24/h8-10,13-14,17,19H,3-7,11-12,15-16H2,1-2H3. The lowest BCUT2D eigenvalue weighted by atomic mass is 9.94. The minimum absolute atomic E-state index is 0.131. The lowest BCUT2D eigenvalue weighted by molar-refractivity contribution is -0.138. The molecule has 3 heterocycles. The first kappa shape index (κ1) is 20.4. The first-order valence-corrected chi connectivity index (χ1v) is 12.2. The van der Waals surface area contributed by atoms with Crippen molar-refractivity contribution in [2.24, 2.45) is 11.8 Å². The van der Waals surface area contributed by atoms with Gasteiger partial charge in [0.1, 0.15) is 0 Å². The van der Waals surface area contributed by atoms with Gasteiger partial charge in [0.25, 0.3) is 0 Å². The number of aryl methyl sites for hydroxylation is 1. The summed E-state index contributed by atoms with van der Waals surface area (Å²) in [6.45, 7) is 7.47. The first-order chi connectivity index (χ1) is 13.9. The molecule has 6 nitrogen and oxygen atoms in total. The van der Waals surface area contributed by atoms with Gasteiger partial charge in [-0.05, 0) is 62.8 Å². The number of rotatable bonds is 4. The molecular formula is C22H31N3O3S. The Morgan fingerprint density at radius 2 is 1.90 bits per heavy atom. The van der Waals surface area contributed by atoms with Crippen LogP contribution in [0.1, 0.15) is 39.5 Å². The third kappa shape index (κ3) is 3.94. The average molecular weight is 418 g/mol. The molecule has 0 aliphatic carbocycles. The van der Waals surface area contributed by atoms with Crippen LogP contribution in [0.3, 0.4) is 0 Å². The number of hydrogen-bond acceptors (Lipinski definition) is 3. The van der Waals surface area contributed by atoms with Crippen LogP contribution in [0.15, 0.2) is 35.4 Å². The van der Waals surface area contributed by atoms with Gasteiger partial charge in [-0.25, -0.2) is 8.42 Å². The predicted molar refractivity (Wildman–Crippen MR) is 114 cm³/mol. The highest BCUT2D eigenvalue weighted by molar-refractivity contribution is 7.89.